The number of hydrogen-bond donors (Lipinski definition) is 1. The highest BCUT2D eigenvalue weighted by Gasteiger charge is 2.22. The Bertz CT molecular complexity index is 1210. The number of rotatable bonds is 6. The van der Waals surface area contributed by atoms with Crippen LogP contribution in [0.5, 0.6) is 5.88 Å². The number of benzene rings is 1. The lowest BCUT2D eigenvalue weighted by atomic mass is 10.0. The maximum Gasteiger partial charge on any atom is 0.299 e. The second kappa shape index (κ2) is 9.34. The highest BCUT2D eigenvalue weighted by atomic mass is 35.5. The van der Waals surface area contributed by atoms with Crippen molar-refractivity contribution in [2.24, 2.45) is 0 Å². The van der Waals surface area contributed by atoms with E-state index >= 15 is 0 Å². The van der Waals surface area contributed by atoms with E-state index in [-0.39, 0.29) is 17.1 Å². The van der Waals surface area contributed by atoms with Crippen molar-refractivity contribution < 1.29 is 14.3 Å². The topological polar surface area (TPSA) is 113 Å². The van der Waals surface area contributed by atoms with E-state index in [2.05, 4.69) is 21.4 Å². The van der Waals surface area contributed by atoms with Crippen LogP contribution in [0.1, 0.15) is 29.8 Å². The summed E-state index contributed by atoms with van der Waals surface area (Å²) in [7, 11) is 0. The monoisotopic (exact) mass is 452 g/mol. The van der Waals surface area contributed by atoms with Gasteiger partial charge in [0.2, 0.25) is 5.88 Å². The summed E-state index contributed by atoms with van der Waals surface area (Å²) in [5, 5.41) is 13.2. The number of nitriles is 1. The molecule has 0 amide bonds. The number of aromatic nitrogens is 3. The molecule has 1 aliphatic heterocycles. The summed E-state index contributed by atoms with van der Waals surface area (Å²) in [5.74, 6) is 0.641. The first-order chi connectivity index (χ1) is 15.5. The molecule has 1 aliphatic rings. The Morgan fingerprint density at radius 2 is 2.06 bits per heavy atom. The number of halogens is 1. The number of nitrogens with one attached hydrogen (secondary N) is 1. The van der Waals surface area contributed by atoms with E-state index in [1.165, 1.54) is 0 Å². The molecule has 0 radical (unpaired) electrons. The van der Waals surface area contributed by atoms with Crippen molar-refractivity contribution in [1.82, 2.24) is 15.0 Å². The predicted octanol–water partition coefficient (Wildman–Crippen LogP) is 3.40. The zero-order chi connectivity index (χ0) is 22.7. The molecule has 1 atom stereocenters. The average Bonchev–Trinajstić information content (AvgIpc) is 2.80. The number of aryl methyl sites for hydroxylation is 1. The van der Waals surface area contributed by atoms with Crippen LogP contribution in [-0.2, 0) is 9.53 Å². The fourth-order valence-electron chi connectivity index (χ4n) is 3.70. The lowest BCUT2D eigenvalue weighted by Crippen LogP contribution is -2.37. The molecule has 2 aromatic heterocycles. The molecular formula is C22H21ClN6O3. The van der Waals surface area contributed by atoms with Crippen LogP contribution in [0, 0.1) is 18.3 Å². The van der Waals surface area contributed by atoms with E-state index in [1.807, 2.05) is 30.9 Å². The van der Waals surface area contributed by atoms with E-state index in [4.69, 9.17) is 26.1 Å². The molecule has 4 rings (SSSR count). The highest BCUT2D eigenvalue weighted by molar-refractivity contribution is 6.29. The van der Waals surface area contributed by atoms with Crippen LogP contribution in [0.25, 0.3) is 11.0 Å². The average molecular weight is 453 g/mol. The molecule has 3 aromatic rings. The zero-order valence-corrected chi connectivity index (χ0v) is 18.4. The first-order valence-electron chi connectivity index (χ1n) is 10.1. The molecule has 9 nitrogen and oxygen atoms in total. The SMILES string of the molecule is Cc1cc([C@@H](C)Nc2ccc(Cl)nc2OC=O)c2nc(N3CCOCC3)c(C#N)nc2c1. The fourth-order valence-corrected chi connectivity index (χ4v) is 3.84. The molecule has 1 fully saturated rings. The zero-order valence-electron chi connectivity index (χ0n) is 17.6. The molecule has 164 valence electrons. The number of carbonyl (C=O) groups is 1. The van der Waals surface area contributed by atoms with Crippen LogP contribution in [0.4, 0.5) is 11.5 Å². The molecule has 32 heavy (non-hydrogen) atoms. The van der Waals surface area contributed by atoms with Crippen molar-refractivity contribution in [1.29, 1.82) is 5.26 Å². The van der Waals surface area contributed by atoms with Crippen molar-refractivity contribution in [2.45, 2.75) is 19.9 Å². The maximum absolute atomic E-state index is 10.9. The first-order valence-corrected chi connectivity index (χ1v) is 10.5. The van der Waals surface area contributed by atoms with Crippen LogP contribution in [-0.4, -0.2) is 47.7 Å². The number of fused-ring (bicyclic) bond motifs is 1. The number of anilines is 2. The van der Waals surface area contributed by atoms with Crippen molar-refractivity contribution in [3.63, 3.8) is 0 Å². The molecule has 1 N–H and O–H groups in total. The third-order valence-corrected chi connectivity index (χ3v) is 5.38. The van der Waals surface area contributed by atoms with Gasteiger partial charge in [-0.05, 0) is 37.6 Å². The molecule has 0 spiro atoms. The number of pyridine rings is 1. The van der Waals surface area contributed by atoms with Gasteiger partial charge in [-0.3, -0.25) is 4.79 Å². The molecule has 0 aliphatic carbocycles. The minimum atomic E-state index is -0.242. The first kappa shape index (κ1) is 21.7. The molecular weight excluding hydrogens is 432 g/mol. The van der Waals surface area contributed by atoms with Crippen LogP contribution in [0.3, 0.4) is 0 Å². The molecule has 0 unspecified atom stereocenters. The van der Waals surface area contributed by atoms with Crippen molar-refractivity contribution in [3.8, 4) is 11.9 Å². The normalized spacial score (nSPS) is 14.6. The van der Waals surface area contributed by atoms with Crippen LogP contribution >= 0.6 is 11.6 Å². The summed E-state index contributed by atoms with van der Waals surface area (Å²) in [4.78, 5) is 26.4. The van der Waals surface area contributed by atoms with Gasteiger partial charge in [0.25, 0.3) is 6.47 Å². The van der Waals surface area contributed by atoms with E-state index in [1.54, 1.807) is 12.1 Å². The Labute approximate surface area is 190 Å². The largest absolute Gasteiger partial charge is 0.407 e. The van der Waals surface area contributed by atoms with Crippen molar-refractivity contribution >= 4 is 40.6 Å². The molecule has 0 saturated carbocycles. The lowest BCUT2D eigenvalue weighted by Gasteiger charge is -2.28. The van der Waals surface area contributed by atoms with Crippen LogP contribution in [0.2, 0.25) is 5.15 Å². The van der Waals surface area contributed by atoms with Gasteiger partial charge in [-0.1, -0.05) is 17.7 Å². The minimum absolute atomic E-state index is 0.0863. The maximum atomic E-state index is 10.9. The third kappa shape index (κ3) is 4.42. The Kier molecular flexibility index (Phi) is 6.35. The molecule has 1 saturated heterocycles. The Morgan fingerprint density at radius 3 is 2.78 bits per heavy atom. The van der Waals surface area contributed by atoms with E-state index in [0.717, 1.165) is 11.1 Å². The molecule has 3 heterocycles. The Hall–Kier alpha value is -3.48. The van der Waals surface area contributed by atoms with Gasteiger partial charge in [-0.2, -0.15) is 10.2 Å². The summed E-state index contributed by atoms with van der Waals surface area (Å²) in [5.41, 5.74) is 4.01. The second-order valence-corrected chi connectivity index (χ2v) is 7.78. The van der Waals surface area contributed by atoms with Crippen molar-refractivity contribution in [2.75, 3.05) is 36.5 Å². The van der Waals surface area contributed by atoms with Gasteiger partial charge in [0.05, 0.1) is 36.0 Å². The standard InChI is InChI=1S/C22H21ClN6O3/c1-13-9-15(14(2)25-16-3-4-19(23)27-22(16)32-12-30)20-17(10-13)26-18(11-24)21(28-20)29-5-7-31-8-6-29/h3-4,9-10,12,14,25H,5-8H2,1-2H3/t14-/m1/s1. The van der Waals surface area contributed by atoms with E-state index < -0.39 is 0 Å². The Morgan fingerprint density at radius 1 is 1.28 bits per heavy atom. The third-order valence-electron chi connectivity index (χ3n) is 5.17. The number of hydrogen-bond acceptors (Lipinski definition) is 9. The molecule has 0 bridgehead atoms. The second-order valence-electron chi connectivity index (χ2n) is 7.40. The summed E-state index contributed by atoms with van der Waals surface area (Å²) < 4.78 is 10.4. The molecule has 1 aromatic carbocycles. The highest BCUT2D eigenvalue weighted by Crippen LogP contribution is 2.32. The van der Waals surface area contributed by atoms with E-state index in [0.29, 0.717) is 61.0 Å². The minimum Gasteiger partial charge on any atom is -0.407 e. The van der Waals surface area contributed by atoms with Gasteiger partial charge in [0.15, 0.2) is 11.5 Å². The summed E-state index contributed by atoms with van der Waals surface area (Å²) in [6, 6.07) is 9.17. The van der Waals surface area contributed by atoms with Gasteiger partial charge in [-0.15, -0.1) is 0 Å². The summed E-state index contributed by atoms with van der Waals surface area (Å²) in [6.07, 6.45) is 0. The fraction of sp³-hybridized carbons (Fsp3) is 0.318. The number of nitrogens with zero attached hydrogens (tertiary/aromatic N) is 5. The number of carbonyl (C=O) groups excluding carboxylic acids is 1. The van der Waals surface area contributed by atoms with Gasteiger partial charge < -0.3 is 19.7 Å². The quantitative estimate of drug-likeness (QED) is 0.444. The van der Waals surface area contributed by atoms with Crippen LogP contribution < -0.4 is 15.0 Å². The predicted molar refractivity (Wildman–Crippen MR) is 120 cm³/mol. The smallest absolute Gasteiger partial charge is 0.299 e. The number of morpholine rings is 1. The van der Waals surface area contributed by atoms with E-state index in [9.17, 15) is 10.1 Å². The van der Waals surface area contributed by atoms with Gasteiger partial charge >= 0.3 is 0 Å². The summed E-state index contributed by atoms with van der Waals surface area (Å²) in [6.45, 7) is 6.67. The number of ether oxygens (including phenoxy) is 2. The van der Waals surface area contributed by atoms with Crippen molar-refractivity contribution in [3.05, 3.63) is 46.2 Å². The Balaban J connectivity index is 1.78. The lowest BCUT2D eigenvalue weighted by molar-refractivity contribution is -0.120. The molecule has 10 heteroatoms. The van der Waals surface area contributed by atoms with Gasteiger partial charge in [-0.25, -0.2) is 9.97 Å². The van der Waals surface area contributed by atoms with Gasteiger partial charge in [0.1, 0.15) is 11.2 Å². The van der Waals surface area contributed by atoms with Crippen LogP contribution in [0.15, 0.2) is 24.3 Å². The van der Waals surface area contributed by atoms with Gasteiger partial charge in [0, 0.05) is 18.7 Å². The summed E-state index contributed by atoms with van der Waals surface area (Å²) >= 11 is 5.93.